The van der Waals surface area contributed by atoms with Crippen LogP contribution in [0.15, 0.2) is 53.5 Å². The molecule has 23 heavy (non-hydrogen) atoms. The van der Waals surface area contributed by atoms with Crippen molar-refractivity contribution in [3.63, 3.8) is 0 Å². The van der Waals surface area contributed by atoms with E-state index in [1.54, 1.807) is 16.8 Å². The largest absolute Gasteiger partial charge is 0.297 e. The van der Waals surface area contributed by atoms with E-state index >= 15 is 0 Å². The molecule has 0 spiro atoms. The molecule has 2 heterocycles. The van der Waals surface area contributed by atoms with Gasteiger partial charge in [0.2, 0.25) is 0 Å². The third kappa shape index (κ3) is 2.62. The Morgan fingerprint density at radius 3 is 2.57 bits per heavy atom. The van der Waals surface area contributed by atoms with Crippen LogP contribution >= 0.6 is 0 Å². The minimum absolute atomic E-state index is 0.203. The Hall–Kier alpha value is -2.93. The Labute approximate surface area is 134 Å². The van der Waals surface area contributed by atoms with Crippen molar-refractivity contribution in [3.05, 3.63) is 64.7 Å². The highest BCUT2D eigenvalue weighted by molar-refractivity contribution is 5.96. The summed E-state index contributed by atoms with van der Waals surface area (Å²) in [5.41, 5.74) is 2.29. The zero-order chi connectivity index (χ0) is 16.4. The number of nitrogens with zero attached hydrogens (tertiary/aromatic N) is 3. The van der Waals surface area contributed by atoms with Gasteiger partial charge in [-0.2, -0.15) is 5.26 Å². The second kappa shape index (κ2) is 6.05. The van der Waals surface area contributed by atoms with Crippen molar-refractivity contribution in [1.29, 1.82) is 5.26 Å². The molecule has 4 heteroatoms. The summed E-state index contributed by atoms with van der Waals surface area (Å²) >= 11 is 0. The van der Waals surface area contributed by atoms with Crippen LogP contribution in [0.1, 0.15) is 19.5 Å². The van der Waals surface area contributed by atoms with Gasteiger partial charge in [0.15, 0.2) is 0 Å². The molecule has 0 bridgehead atoms. The Morgan fingerprint density at radius 1 is 1.17 bits per heavy atom. The fourth-order valence-electron chi connectivity index (χ4n) is 2.82. The molecule has 4 nitrogen and oxygen atoms in total. The van der Waals surface area contributed by atoms with Crippen molar-refractivity contribution in [3.8, 4) is 17.2 Å². The summed E-state index contributed by atoms with van der Waals surface area (Å²) < 4.78 is 1.56. The van der Waals surface area contributed by atoms with Crippen LogP contribution in [0.5, 0.6) is 0 Å². The van der Waals surface area contributed by atoms with Crippen molar-refractivity contribution in [2.75, 3.05) is 0 Å². The van der Waals surface area contributed by atoms with Crippen molar-refractivity contribution in [2.45, 2.75) is 20.4 Å². The summed E-state index contributed by atoms with van der Waals surface area (Å²) in [6.45, 7) is 4.55. The van der Waals surface area contributed by atoms with Gasteiger partial charge in [-0.15, -0.1) is 0 Å². The summed E-state index contributed by atoms with van der Waals surface area (Å²) in [4.78, 5) is 17.0. The lowest BCUT2D eigenvalue weighted by Crippen LogP contribution is -2.26. The molecule has 3 rings (SSSR count). The van der Waals surface area contributed by atoms with Gasteiger partial charge in [-0.25, -0.2) is 0 Å². The van der Waals surface area contributed by atoms with Crippen LogP contribution in [0.4, 0.5) is 0 Å². The van der Waals surface area contributed by atoms with Crippen LogP contribution < -0.4 is 5.56 Å². The minimum atomic E-state index is -0.203. The fraction of sp³-hybridized carbons (Fsp3) is 0.211. The lowest BCUT2D eigenvalue weighted by atomic mass is 9.98. The van der Waals surface area contributed by atoms with Gasteiger partial charge in [-0.05, 0) is 17.5 Å². The SMILES string of the molecule is CC(C)Cn1c(C#N)c(-c2ccccc2)c2cccnc2c1=O. The second-order valence-corrected chi connectivity index (χ2v) is 5.91. The third-order valence-corrected chi connectivity index (χ3v) is 3.75. The lowest BCUT2D eigenvalue weighted by molar-refractivity contribution is 0.510. The number of nitriles is 1. The molecule has 0 saturated carbocycles. The smallest absolute Gasteiger partial charge is 0.278 e. The molecule has 0 saturated heterocycles. The van der Waals surface area contributed by atoms with E-state index in [0.717, 1.165) is 16.5 Å². The van der Waals surface area contributed by atoms with Gasteiger partial charge >= 0.3 is 0 Å². The van der Waals surface area contributed by atoms with Crippen LogP contribution in [0, 0.1) is 17.2 Å². The van der Waals surface area contributed by atoms with Gasteiger partial charge in [-0.1, -0.05) is 50.2 Å². The van der Waals surface area contributed by atoms with E-state index in [-0.39, 0.29) is 11.5 Å². The molecule has 0 atom stereocenters. The van der Waals surface area contributed by atoms with E-state index in [4.69, 9.17) is 0 Å². The number of fused-ring (bicyclic) bond motifs is 1. The highest BCUT2D eigenvalue weighted by Crippen LogP contribution is 2.29. The van der Waals surface area contributed by atoms with Gasteiger partial charge < -0.3 is 0 Å². The monoisotopic (exact) mass is 303 g/mol. The van der Waals surface area contributed by atoms with Crippen molar-refractivity contribution in [1.82, 2.24) is 9.55 Å². The van der Waals surface area contributed by atoms with E-state index in [9.17, 15) is 10.1 Å². The Bertz CT molecular complexity index is 950. The molecule has 0 amide bonds. The van der Waals surface area contributed by atoms with E-state index in [2.05, 4.69) is 11.1 Å². The zero-order valence-electron chi connectivity index (χ0n) is 13.2. The summed E-state index contributed by atoms with van der Waals surface area (Å²) in [7, 11) is 0. The third-order valence-electron chi connectivity index (χ3n) is 3.75. The molecule has 0 aliphatic heterocycles. The predicted octanol–water partition coefficient (Wildman–Crippen LogP) is 3.59. The topological polar surface area (TPSA) is 58.7 Å². The molecule has 0 fully saturated rings. The van der Waals surface area contributed by atoms with E-state index in [1.807, 2.05) is 50.2 Å². The standard InChI is InChI=1S/C19H17N3O/c1-13(2)12-22-16(11-20)17(14-7-4-3-5-8-14)15-9-6-10-21-18(15)19(22)23/h3-10,13H,12H2,1-2H3. The molecule has 0 aliphatic carbocycles. The van der Waals surface area contributed by atoms with E-state index < -0.39 is 0 Å². The first-order valence-electron chi connectivity index (χ1n) is 7.60. The van der Waals surface area contributed by atoms with E-state index in [1.165, 1.54) is 0 Å². The Morgan fingerprint density at radius 2 is 1.91 bits per heavy atom. The van der Waals surface area contributed by atoms with Gasteiger partial charge in [0.05, 0.1) is 0 Å². The molecular formula is C19H17N3O. The first kappa shape index (κ1) is 15.0. The van der Waals surface area contributed by atoms with Crippen molar-refractivity contribution in [2.24, 2.45) is 5.92 Å². The molecular weight excluding hydrogens is 286 g/mol. The maximum Gasteiger partial charge on any atom is 0.278 e. The molecule has 0 unspecified atom stereocenters. The van der Waals surface area contributed by atoms with Gasteiger partial charge in [0.1, 0.15) is 17.3 Å². The number of benzene rings is 1. The van der Waals surface area contributed by atoms with Crippen LogP contribution in [-0.4, -0.2) is 9.55 Å². The highest BCUT2D eigenvalue weighted by atomic mass is 16.1. The number of aromatic nitrogens is 2. The number of hydrogen-bond acceptors (Lipinski definition) is 3. The average molecular weight is 303 g/mol. The normalized spacial score (nSPS) is 10.9. The minimum Gasteiger partial charge on any atom is -0.297 e. The van der Waals surface area contributed by atoms with Gasteiger partial charge in [0, 0.05) is 23.7 Å². The first-order valence-corrected chi connectivity index (χ1v) is 7.60. The molecule has 0 N–H and O–H groups in total. The summed E-state index contributed by atoms with van der Waals surface area (Å²) in [6.07, 6.45) is 1.62. The van der Waals surface area contributed by atoms with Crippen molar-refractivity contribution < 1.29 is 0 Å². The highest BCUT2D eigenvalue weighted by Gasteiger charge is 2.18. The Kier molecular flexibility index (Phi) is 3.94. The molecule has 0 aliphatic rings. The van der Waals surface area contributed by atoms with Crippen LogP contribution in [0.3, 0.4) is 0 Å². The van der Waals surface area contributed by atoms with Crippen LogP contribution in [-0.2, 0) is 6.54 Å². The number of hydrogen-bond donors (Lipinski definition) is 0. The summed E-state index contributed by atoms with van der Waals surface area (Å²) in [5.74, 6) is 0.254. The van der Waals surface area contributed by atoms with Crippen LogP contribution in [0.25, 0.3) is 22.0 Å². The summed E-state index contributed by atoms with van der Waals surface area (Å²) in [5, 5.41) is 10.4. The molecule has 0 radical (unpaired) electrons. The maximum absolute atomic E-state index is 12.8. The number of pyridine rings is 2. The zero-order valence-corrected chi connectivity index (χ0v) is 13.2. The molecule has 2 aromatic heterocycles. The van der Waals surface area contributed by atoms with Gasteiger partial charge in [-0.3, -0.25) is 14.3 Å². The maximum atomic E-state index is 12.8. The van der Waals surface area contributed by atoms with Gasteiger partial charge in [0.25, 0.3) is 5.56 Å². The fourth-order valence-corrected chi connectivity index (χ4v) is 2.82. The number of rotatable bonds is 3. The van der Waals surface area contributed by atoms with Crippen LogP contribution in [0.2, 0.25) is 0 Å². The molecule has 3 aromatic rings. The molecule has 114 valence electrons. The van der Waals surface area contributed by atoms with Crippen molar-refractivity contribution >= 4 is 10.9 Å². The summed E-state index contributed by atoms with van der Waals surface area (Å²) in [6, 6.07) is 15.6. The Balaban J connectivity index is 2.49. The second-order valence-electron chi connectivity index (χ2n) is 5.91. The van der Waals surface area contributed by atoms with E-state index in [0.29, 0.717) is 17.8 Å². The first-order chi connectivity index (χ1) is 11.1. The predicted molar refractivity (Wildman–Crippen MR) is 91.0 cm³/mol. The molecule has 1 aromatic carbocycles. The average Bonchev–Trinajstić information content (AvgIpc) is 2.57. The quantitative estimate of drug-likeness (QED) is 0.743. The lowest BCUT2D eigenvalue weighted by Gasteiger charge is -2.16.